The van der Waals surface area contributed by atoms with Crippen LogP contribution >= 0.6 is 0 Å². The van der Waals surface area contributed by atoms with Crippen molar-refractivity contribution in [2.75, 3.05) is 13.1 Å². The highest BCUT2D eigenvalue weighted by molar-refractivity contribution is 5.62. The fourth-order valence-corrected chi connectivity index (χ4v) is 2.09. The highest BCUT2D eigenvalue weighted by atomic mass is 16.1. The SMILES string of the molecule is O=C=NCCCCCCN=C=O.c1ccc(-c2ccccc2)cc1. The van der Waals surface area contributed by atoms with Crippen LogP contribution < -0.4 is 0 Å². The summed E-state index contributed by atoms with van der Waals surface area (Å²) in [7, 11) is 0. The van der Waals surface area contributed by atoms with Crippen LogP contribution in [0.15, 0.2) is 70.6 Å². The van der Waals surface area contributed by atoms with Gasteiger partial charge in [-0.1, -0.05) is 73.5 Å². The Labute approximate surface area is 143 Å². The second-order valence-electron chi connectivity index (χ2n) is 5.09. The molecule has 0 unspecified atom stereocenters. The van der Waals surface area contributed by atoms with Crippen molar-refractivity contribution in [1.82, 2.24) is 0 Å². The van der Waals surface area contributed by atoms with E-state index in [2.05, 4.69) is 58.5 Å². The molecule has 4 nitrogen and oxygen atoms in total. The Balaban J connectivity index is 0.000000240. The van der Waals surface area contributed by atoms with E-state index in [0.29, 0.717) is 13.1 Å². The lowest BCUT2D eigenvalue weighted by atomic mass is 10.1. The molecule has 124 valence electrons. The molecule has 0 atom stereocenters. The lowest BCUT2D eigenvalue weighted by Gasteiger charge is -1.98. The topological polar surface area (TPSA) is 58.9 Å². The molecule has 24 heavy (non-hydrogen) atoms. The number of rotatable bonds is 8. The molecule has 0 saturated carbocycles. The Hall–Kier alpha value is -2.80. The van der Waals surface area contributed by atoms with Gasteiger partial charge in [0.1, 0.15) is 0 Å². The molecule has 0 fully saturated rings. The predicted octanol–water partition coefficient (Wildman–Crippen LogP) is 4.57. The molecule has 0 radical (unpaired) electrons. The Bertz CT molecular complexity index is 584. The summed E-state index contributed by atoms with van der Waals surface area (Å²) in [4.78, 5) is 26.1. The van der Waals surface area contributed by atoms with Gasteiger partial charge in [-0.3, -0.25) is 0 Å². The van der Waals surface area contributed by atoms with Gasteiger partial charge in [-0.25, -0.2) is 19.6 Å². The van der Waals surface area contributed by atoms with Crippen molar-refractivity contribution in [3.05, 3.63) is 60.7 Å². The summed E-state index contributed by atoms with van der Waals surface area (Å²) in [6.07, 6.45) is 6.80. The molecule has 2 aromatic rings. The molecule has 2 aromatic carbocycles. The molecule has 0 bridgehead atoms. The Morgan fingerprint density at radius 3 is 1.29 bits per heavy atom. The zero-order valence-corrected chi connectivity index (χ0v) is 13.7. The van der Waals surface area contributed by atoms with E-state index in [1.807, 2.05) is 12.1 Å². The fraction of sp³-hybridized carbons (Fsp3) is 0.300. The normalized spacial score (nSPS) is 9.00. The third-order valence-corrected chi connectivity index (χ3v) is 3.30. The molecule has 0 aliphatic heterocycles. The van der Waals surface area contributed by atoms with Gasteiger partial charge in [0.25, 0.3) is 0 Å². The number of isocyanates is 2. The first kappa shape index (κ1) is 19.2. The molecular weight excluding hydrogens is 300 g/mol. The zero-order valence-electron chi connectivity index (χ0n) is 13.7. The van der Waals surface area contributed by atoms with E-state index in [0.717, 1.165) is 25.7 Å². The average molecular weight is 322 g/mol. The summed E-state index contributed by atoms with van der Waals surface area (Å²) in [6.45, 7) is 1.11. The maximum absolute atomic E-state index is 9.63. The standard InChI is InChI=1S/C12H10.C8H12N2O2/c1-3-7-11(8-4-1)12-9-5-2-6-10-12;11-7-9-5-3-1-2-4-6-10-8-12/h1-10H;1-6H2. The molecule has 4 heteroatoms. The lowest BCUT2D eigenvalue weighted by molar-refractivity contribution is 0.558. The molecule has 0 aliphatic carbocycles. The van der Waals surface area contributed by atoms with Gasteiger partial charge in [-0.05, 0) is 24.0 Å². The van der Waals surface area contributed by atoms with Crippen molar-refractivity contribution >= 4 is 12.2 Å². The van der Waals surface area contributed by atoms with Gasteiger partial charge >= 0.3 is 0 Å². The van der Waals surface area contributed by atoms with E-state index >= 15 is 0 Å². The van der Waals surface area contributed by atoms with Gasteiger partial charge in [-0.2, -0.15) is 0 Å². The highest BCUT2D eigenvalue weighted by Crippen LogP contribution is 2.17. The molecule has 0 N–H and O–H groups in total. The van der Waals surface area contributed by atoms with E-state index in [9.17, 15) is 9.59 Å². The van der Waals surface area contributed by atoms with Crippen LogP contribution in [0.4, 0.5) is 0 Å². The maximum Gasteiger partial charge on any atom is 0.234 e. The second-order valence-corrected chi connectivity index (χ2v) is 5.09. The molecule has 0 amide bonds. The molecule has 0 aromatic heterocycles. The number of nitrogens with zero attached hydrogens (tertiary/aromatic N) is 2. The van der Waals surface area contributed by atoms with Crippen molar-refractivity contribution in [2.45, 2.75) is 25.7 Å². The lowest BCUT2D eigenvalue weighted by Crippen LogP contribution is -1.84. The van der Waals surface area contributed by atoms with Crippen LogP contribution in [0.5, 0.6) is 0 Å². The van der Waals surface area contributed by atoms with Crippen molar-refractivity contribution in [3.63, 3.8) is 0 Å². The van der Waals surface area contributed by atoms with Crippen LogP contribution in [0.3, 0.4) is 0 Å². The van der Waals surface area contributed by atoms with Crippen molar-refractivity contribution in [2.24, 2.45) is 9.98 Å². The van der Waals surface area contributed by atoms with Crippen LogP contribution in [-0.2, 0) is 9.59 Å². The molecule has 0 spiro atoms. The third kappa shape index (κ3) is 9.26. The summed E-state index contributed by atoms with van der Waals surface area (Å²) >= 11 is 0. The smallest absolute Gasteiger partial charge is 0.211 e. The number of benzene rings is 2. The highest BCUT2D eigenvalue weighted by Gasteiger charge is 1.91. The quantitative estimate of drug-likeness (QED) is 0.406. The van der Waals surface area contributed by atoms with Gasteiger partial charge in [0.05, 0.1) is 13.1 Å². The Morgan fingerprint density at radius 1 is 0.583 bits per heavy atom. The third-order valence-electron chi connectivity index (χ3n) is 3.30. The largest absolute Gasteiger partial charge is 0.234 e. The minimum Gasteiger partial charge on any atom is -0.211 e. The van der Waals surface area contributed by atoms with Crippen LogP contribution in [0.25, 0.3) is 11.1 Å². The Kier molecular flexibility index (Phi) is 11.1. The fourth-order valence-electron chi connectivity index (χ4n) is 2.09. The first-order chi connectivity index (χ1) is 11.9. The minimum absolute atomic E-state index is 0.556. The molecule has 0 saturated heterocycles. The number of hydrogen-bond acceptors (Lipinski definition) is 4. The van der Waals surface area contributed by atoms with Gasteiger partial charge in [0.15, 0.2) is 0 Å². The van der Waals surface area contributed by atoms with Gasteiger partial charge in [0.2, 0.25) is 12.2 Å². The molecule has 0 heterocycles. The summed E-state index contributed by atoms with van der Waals surface area (Å²) < 4.78 is 0. The van der Waals surface area contributed by atoms with Crippen molar-refractivity contribution in [1.29, 1.82) is 0 Å². The van der Waals surface area contributed by atoms with Crippen LogP contribution in [-0.4, -0.2) is 25.2 Å². The van der Waals surface area contributed by atoms with E-state index < -0.39 is 0 Å². The van der Waals surface area contributed by atoms with Crippen LogP contribution in [0.2, 0.25) is 0 Å². The van der Waals surface area contributed by atoms with Crippen LogP contribution in [0, 0.1) is 0 Å². The first-order valence-electron chi connectivity index (χ1n) is 8.06. The van der Waals surface area contributed by atoms with Gasteiger partial charge in [0, 0.05) is 0 Å². The molecule has 0 aliphatic rings. The number of aliphatic imine (C=N–C) groups is 2. The van der Waals surface area contributed by atoms with Gasteiger partial charge < -0.3 is 0 Å². The predicted molar refractivity (Wildman–Crippen MR) is 96.3 cm³/mol. The van der Waals surface area contributed by atoms with E-state index in [1.54, 1.807) is 0 Å². The summed E-state index contributed by atoms with van der Waals surface area (Å²) in [5, 5.41) is 0. The summed E-state index contributed by atoms with van der Waals surface area (Å²) in [5.41, 5.74) is 2.55. The first-order valence-corrected chi connectivity index (χ1v) is 8.06. The maximum atomic E-state index is 9.63. The van der Waals surface area contributed by atoms with E-state index in [1.165, 1.54) is 23.3 Å². The number of hydrogen-bond donors (Lipinski definition) is 0. The van der Waals surface area contributed by atoms with Crippen molar-refractivity contribution in [3.8, 4) is 11.1 Å². The van der Waals surface area contributed by atoms with Crippen molar-refractivity contribution < 1.29 is 9.59 Å². The Morgan fingerprint density at radius 2 is 0.958 bits per heavy atom. The number of unbranched alkanes of at least 4 members (excludes halogenated alkanes) is 3. The van der Waals surface area contributed by atoms with Crippen LogP contribution in [0.1, 0.15) is 25.7 Å². The van der Waals surface area contributed by atoms with E-state index in [4.69, 9.17) is 0 Å². The summed E-state index contributed by atoms with van der Waals surface area (Å²) in [5.74, 6) is 0. The monoisotopic (exact) mass is 322 g/mol. The average Bonchev–Trinajstić information content (AvgIpc) is 2.66. The van der Waals surface area contributed by atoms with Gasteiger partial charge in [-0.15, -0.1) is 0 Å². The van der Waals surface area contributed by atoms with E-state index in [-0.39, 0.29) is 0 Å². The molecule has 2 rings (SSSR count). The zero-order chi connectivity index (χ0) is 17.3. The second kappa shape index (κ2) is 13.8. The number of carbonyl (C=O) groups excluding carboxylic acids is 2. The molecular formula is C20H22N2O2. The summed E-state index contributed by atoms with van der Waals surface area (Å²) in [6, 6.07) is 20.8. The minimum atomic E-state index is 0.556.